The van der Waals surface area contributed by atoms with E-state index in [4.69, 9.17) is 5.11 Å². The topological polar surface area (TPSA) is 131 Å². The van der Waals surface area contributed by atoms with Crippen molar-refractivity contribution in [2.45, 2.75) is 19.9 Å². The van der Waals surface area contributed by atoms with Gasteiger partial charge in [-0.2, -0.15) is 10.2 Å². The van der Waals surface area contributed by atoms with Gasteiger partial charge in [-0.25, -0.2) is 9.48 Å². The van der Waals surface area contributed by atoms with E-state index in [9.17, 15) is 14.4 Å². The molecule has 2 heterocycles. The molecule has 0 aromatic carbocycles. The summed E-state index contributed by atoms with van der Waals surface area (Å²) in [6, 6.07) is 1.29. The van der Waals surface area contributed by atoms with E-state index >= 15 is 0 Å². The van der Waals surface area contributed by atoms with Crippen molar-refractivity contribution in [2.24, 2.45) is 7.05 Å². The summed E-state index contributed by atoms with van der Waals surface area (Å²) < 4.78 is 2.42. The fraction of sp³-hybridized carbons (Fsp3) is 0.357. The number of aryl methyl sites for hydroxylation is 1. The lowest BCUT2D eigenvalue weighted by Gasteiger charge is -2.09. The third-order valence-corrected chi connectivity index (χ3v) is 3.19. The van der Waals surface area contributed by atoms with E-state index in [1.54, 1.807) is 7.05 Å². The Kier molecular flexibility index (Phi) is 5.30. The van der Waals surface area contributed by atoms with E-state index < -0.39 is 11.9 Å². The fourth-order valence-corrected chi connectivity index (χ4v) is 2.09. The van der Waals surface area contributed by atoms with Gasteiger partial charge >= 0.3 is 5.97 Å². The van der Waals surface area contributed by atoms with Crippen LogP contribution >= 0.6 is 0 Å². The largest absolute Gasteiger partial charge is 0.477 e. The van der Waals surface area contributed by atoms with Gasteiger partial charge < -0.3 is 15.7 Å². The number of anilines is 1. The van der Waals surface area contributed by atoms with Crippen LogP contribution in [0.25, 0.3) is 0 Å². The minimum atomic E-state index is -1.18. The van der Waals surface area contributed by atoms with E-state index in [0.717, 1.165) is 11.1 Å². The van der Waals surface area contributed by atoms with Crippen LogP contribution in [0.5, 0.6) is 0 Å². The van der Waals surface area contributed by atoms with Gasteiger partial charge in [0, 0.05) is 19.8 Å². The standard InChI is InChI=1S/C14H18N6O4/c1-3-5-15-13(22)12-9(7-17-19(12)2)18-11(21)8-20-10(14(23)24)4-6-16-20/h4,6-7H,3,5,8H2,1-2H3,(H,15,22)(H,18,21)(H,23,24). The van der Waals surface area contributed by atoms with Gasteiger partial charge in [0.25, 0.3) is 5.91 Å². The number of rotatable bonds is 7. The molecule has 0 fully saturated rings. The van der Waals surface area contributed by atoms with Gasteiger partial charge in [0.1, 0.15) is 17.9 Å². The maximum absolute atomic E-state index is 12.1. The third kappa shape index (κ3) is 3.77. The molecule has 0 bridgehead atoms. The molecule has 10 heteroatoms. The lowest BCUT2D eigenvalue weighted by Crippen LogP contribution is -2.28. The third-order valence-electron chi connectivity index (χ3n) is 3.19. The van der Waals surface area contributed by atoms with Crippen LogP contribution in [0.4, 0.5) is 5.69 Å². The molecule has 3 N–H and O–H groups in total. The Morgan fingerprint density at radius 2 is 2.04 bits per heavy atom. The summed E-state index contributed by atoms with van der Waals surface area (Å²) in [5, 5.41) is 22.0. The fourth-order valence-electron chi connectivity index (χ4n) is 2.09. The van der Waals surface area contributed by atoms with Crippen molar-refractivity contribution in [3.05, 3.63) is 29.8 Å². The molecule has 0 saturated carbocycles. The minimum Gasteiger partial charge on any atom is -0.477 e. The second-order valence-corrected chi connectivity index (χ2v) is 5.01. The van der Waals surface area contributed by atoms with Crippen molar-refractivity contribution in [2.75, 3.05) is 11.9 Å². The summed E-state index contributed by atoms with van der Waals surface area (Å²) in [5.41, 5.74) is 0.369. The first-order valence-electron chi connectivity index (χ1n) is 7.29. The molecule has 24 heavy (non-hydrogen) atoms. The molecule has 0 aliphatic rings. The molecule has 2 amide bonds. The number of hydrogen-bond acceptors (Lipinski definition) is 5. The summed E-state index contributed by atoms with van der Waals surface area (Å²) in [6.07, 6.45) is 3.44. The highest BCUT2D eigenvalue weighted by Crippen LogP contribution is 2.14. The minimum absolute atomic E-state index is 0.0998. The number of aromatic nitrogens is 4. The maximum Gasteiger partial charge on any atom is 0.354 e. The van der Waals surface area contributed by atoms with Crippen LogP contribution in [-0.2, 0) is 18.4 Å². The zero-order chi connectivity index (χ0) is 17.7. The second kappa shape index (κ2) is 7.40. The number of carbonyl (C=O) groups is 3. The molecule has 0 spiro atoms. The van der Waals surface area contributed by atoms with E-state index in [1.165, 1.54) is 23.1 Å². The van der Waals surface area contributed by atoms with Crippen molar-refractivity contribution < 1.29 is 19.5 Å². The molecule has 0 unspecified atom stereocenters. The van der Waals surface area contributed by atoms with E-state index in [0.29, 0.717) is 6.54 Å². The number of hydrogen-bond donors (Lipinski definition) is 3. The van der Waals surface area contributed by atoms with Gasteiger partial charge in [-0.15, -0.1) is 0 Å². The van der Waals surface area contributed by atoms with Crippen LogP contribution in [0.2, 0.25) is 0 Å². The molecular formula is C14H18N6O4. The van der Waals surface area contributed by atoms with Crippen LogP contribution < -0.4 is 10.6 Å². The molecular weight excluding hydrogens is 316 g/mol. The lowest BCUT2D eigenvalue weighted by molar-refractivity contribution is -0.116. The monoisotopic (exact) mass is 334 g/mol. The molecule has 0 radical (unpaired) electrons. The molecule has 0 aliphatic heterocycles. The smallest absolute Gasteiger partial charge is 0.354 e. The van der Waals surface area contributed by atoms with Gasteiger partial charge in [0.2, 0.25) is 5.91 Å². The van der Waals surface area contributed by atoms with Gasteiger partial charge in [-0.05, 0) is 12.5 Å². The SMILES string of the molecule is CCCNC(=O)c1c(NC(=O)Cn2nccc2C(=O)O)cnn1C. The van der Waals surface area contributed by atoms with Crippen LogP contribution in [0, 0.1) is 0 Å². The number of carboxylic acids is 1. The summed E-state index contributed by atoms with van der Waals surface area (Å²) in [5.74, 6) is -2.04. The molecule has 2 aromatic rings. The second-order valence-electron chi connectivity index (χ2n) is 5.01. The number of nitrogens with one attached hydrogen (secondary N) is 2. The van der Waals surface area contributed by atoms with Crippen molar-refractivity contribution >= 4 is 23.5 Å². The zero-order valence-corrected chi connectivity index (χ0v) is 13.3. The van der Waals surface area contributed by atoms with Gasteiger partial charge in [-0.1, -0.05) is 6.92 Å². The normalized spacial score (nSPS) is 10.4. The molecule has 2 aromatic heterocycles. The first-order chi connectivity index (χ1) is 11.4. The number of carbonyl (C=O) groups excluding carboxylic acids is 2. The number of carboxylic acid groups (broad SMARTS) is 1. The molecule has 128 valence electrons. The summed E-state index contributed by atoms with van der Waals surface area (Å²) in [4.78, 5) is 35.3. The molecule has 2 rings (SSSR count). The first-order valence-corrected chi connectivity index (χ1v) is 7.29. The van der Waals surface area contributed by atoms with Crippen molar-refractivity contribution in [1.29, 1.82) is 0 Å². The Balaban J connectivity index is 2.11. The molecule has 0 aliphatic carbocycles. The highest BCUT2D eigenvalue weighted by atomic mass is 16.4. The quantitative estimate of drug-likeness (QED) is 0.658. The van der Waals surface area contributed by atoms with Gasteiger partial charge in [-0.3, -0.25) is 14.3 Å². The summed E-state index contributed by atoms with van der Waals surface area (Å²) in [6.45, 7) is 2.14. The highest BCUT2D eigenvalue weighted by molar-refractivity contribution is 6.02. The van der Waals surface area contributed by atoms with E-state index in [-0.39, 0.29) is 29.5 Å². The average molecular weight is 334 g/mol. The lowest BCUT2D eigenvalue weighted by atomic mass is 10.3. The molecule has 10 nitrogen and oxygen atoms in total. The van der Waals surface area contributed by atoms with Crippen LogP contribution in [0.1, 0.15) is 34.3 Å². The van der Waals surface area contributed by atoms with Gasteiger partial charge in [0.15, 0.2) is 0 Å². The summed E-state index contributed by atoms with van der Waals surface area (Å²) in [7, 11) is 1.59. The Morgan fingerprint density at radius 1 is 1.29 bits per heavy atom. The molecule has 0 atom stereocenters. The maximum atomic E-state index is 12.1. The Labute approximate surface area is 137 Å². The first kappa shape index (κ1) is 17.2. The number of aromatic carboxylic acids is 1. The van der Waals surface area contributed by atoms with Gasteiger partial charge in [0.05, 0.1) is 11.9 Å². The van der Waals surface area contributed by atoms with Crippen LogP contribution in [0.15, 0.2) is 18.5 Å². The average Bonchev–Trinajstić information content (AvgIpc) is 3.12. The number of nitrogens with zero attached hydrogens (tertiary/aromatic N) is 4. The zero-order valence-electron chi connectivity index (χ0n) is 13.3. The van der Waals surface area contributed by atoms with Crippen molar-refractivity contribution in [3.8, 4) is 0 Å². The molecule has 0 saturated heterocycles. The predicted molar refractivity (Wildman–Crippen MR) is 83.6 cm³/mol. The Hall–Kier alpha value is -3.17. The van der Waals surface area contributed by atoms with Crippen molar-refractivity contribution in [1.82, 2.24) is 24.9 Å². The Bertz CT molecular complexity index is 763. The van der Waals surface area contributed by atoms with E-state index in [2.05, 4.69) is 20.8 Å². The predicted octanol–water partition coefficient (Wildman–Crippen LogP) is 0.0933. The summed E-state index contributed by atoms with van der Waals surface area (Å²) >= 11 is 0. The highest BCUT2D eigenvalue weighted by Gasteiger charge is 2.19. The van der Waals surface area contributed by atoms with Crippen LogP contribution in [-0.4, -0.2) is 49.0 Å². The van der Waals surface area contributed by atoms with E-state index in [1.807, 2.05) is 6.92 Å². The number of amides is 2. The Morgan fingerprint density at radius 3 is 2.71 bits per heavy atom. The van der Waals surface area contributed by atoms with Crippen molar-refractivity contribution in [3.63, 3.8) is 0 Å². The van der Waals surface area contributed by atoms with Crippen LogP contribution in [0.3, 0.4) is 0 Å².